The number of hydrogen-bond donors (Lipinski definition) is 1. The second-order valence-electron chi connectivity index (χ2n) is 7.04. The van der Waals surface area contributed by atoms with E-state index in [0.717, 1.165) is 51.4 Å². The number of likely N-dealkylation sites (tertiary alicyclic amines) is 3. The van der Waals surface area contributed by atoms with Crippen LogP contribution in [0.25, 0.3) is 0 Å². The molecular formula is C16H29N3O2. The van der Waals surface area contributed by atoms with Gasteiger partial charge in [0.05, 0.1) is 0 Å². The minimum absolute atomic E-state index is 0.218. The van der Waals surface area contributed by atoms with Gasteiger partial charge in [-0.1, -0.05) is 0 Å². The van der Waals surface area contributed by atoms with E-state index in [1.165, 1.54) is 25.9 Å². The molecule has 3 aliphatic rings. The zero-order valence-corrected chi connectivity index (χ0v) is 13.2. The molecule has 0 aromatic carbocycles. The van der Waals surface area contributed by atoms with Crippen molar-refractivity contribution in [3.8, 4) is 0 Å². The summed E-state index contributed by atoms with van der Waals surface area (Å²) in [4.78, 5) is 18.7. The SMILES string of the molecule is CN1CCC(N2CCC(N3CCCC3C(=O)O)CC2)CC1. The number of hydrogen-bond acceptors (Lipinski definition) is 4. The molecule has 1 N–H and O–H groups in total. The average Bonchev–Trinajstić information content (AvgIpc) is 2.98. The molecule has 0 saturated carbocycles. The Morgan fingerprint density at radius 2 is 1.52 bits per heavy atom. The first kappa shape index (κ1) is 15.3. The van der Waals surface area contributed by atoms with Gasteiger partial charge in [-0.3, -0.25) is 9.69 Å². The maximum atomic E-state index is 11.3. The average molecular weight is 295 g/mol. The zero-order valence-electron chi connectivity index (χ0n) is 13.2. The van der Waals surface area contributed by atoms with Gasteiger partial charge in [-0.2, -0.15) is 0 Å². The van der Waals surface area contributed by atoms with Crippen molar-refractivity contribution in [1.29, 1.82) is 0 Å². The Morgan fingerprint density at radius 1 is 0.905 bits per heavy atom. The van der Waals surface area contributed by atoms with E-state index in [1.807, 2.05) is 0 Å². The number of nitrogens with zero attached hydrogens (tertiary/aromatic N) is 3. The van der Waals surface area contributed by atoms with Gasteiger partial charge in [-0.25, -0.2) is 0 Å². The molecule has 3 heterocycles. The minimum atomic E-state index is -0.620. The van der Waals surface area contributed by atoms with Gasteiger partial charge in [0.25, 0.3) is 0 Å². The molecule has 1 atom stereocenters. The van der Waals surface area contributed by atoms with Crippen LogP contribution in [0.3, 0.4) is 0 Å². The van der Waals surface area contributed by atoms with Crippen LogP contribution in [0.1, 0.15) is 38.5 Å². The van der Waals surface area contributed by atoms with Crippen molar-refractivity contribution in [3.05, 3.63) is 0 Å². The van der Waals surface area contributed by atoms with E-state index in [1.54, 1.807) is 0 Å². The second kappa shape index (κ2) is 6.63. The number of piperidine rings is 2. The van der Waals surface area contributed by atoms with Crippen LogP contribution in [0.15, 0.2) is 0 Å². The molecule has 1 unspecified atom stereocenters. The Bertz CT molecular complexity index is 361. The molecular weight excluding hydrogens is 266 g/mol. The molecule has 5 nitrogen and oxygen atoms in total. The third-order valence-corrected chi connectivity index (χ3v) is 5.75. The molecule has 0 aromatic rings. The van der Waals surface area contributed by atoms with Crippen LogP contribution in [0.4, 0.5) is 0 Å². The summed E-state index contributed by atoms with van der Waals surface area (Å²) in [5.41, 5.74) is 0. The number of rotatable bonds is 3. The van der Waals surface area contributed by atoms with Crippen molar-refractivity contribution < 1.29 is 9.90 Å². The third kappa shape index (κ3) is 3.41. The Kier molecular flexibility index (Phi) is 4.82. The number of carbonyl (C=O) groups is 1. The van der Waals surface area contributed by atoms with Gasteiger partial charge < -0.3 is 14.9 Å². The molecule has 0 spiro atoms. The van der Waals surface area contributed by atoms with E-state index in [2.05, 4.69) is 21.7 Å². The lowest BCUT2D eigenvalue weighted by Gasteiger charge is -2.43. The number of aliphatic carboxylic acids is 1. The molecule has 0 amide bonds. The predicted octanol–water partition coefficient (Wildman–Crippen LogP) is 1.09. The van der Waals surface area contributed by atoms with Crippen molar-refractivity contribution in [2.45, 2.75) is 56.7 Å². The van der Waals surface area contributed by atoms with E-state index >= 15 is 0 Å². The quantitative estimate of drug-likeness (QED) is 0.845. The van der Waals surface area contributed by atoms with Crippen LogP contribution < -0.4 is 0 Å². The van der Waals surface area contributed by atoms with Gasteiger partial charge in [0.2, 0.25) is 0 Å². The standard InChI is InChI=1S/C16H29N3O2/c1-17-9-4-13(5-10-17)18-11-6-14(7-12-18)19-8-2-3-15(19)16(20)21/h13-15H,2-12H2,1H3,(H,20,21). The largest absolute Gasteiger partial charge is 0.480 e. The number of carboxylic acid groups (broad SMARTS) is 1. The van der Waals surface area contributed by atoms with E-state index in [9.17, 15) is 9.90 Å². The van der Waals surface area contributed by atoms with Crippen LogP contribution in [0.2, 0.25) is 0 Å². The van der Waals surface area contributed by atoms with Crippen LogP contribution in [0.5, 0.6) is 0 Å². The van der Waals surface area contributed by atoms with Crippen molar-refractivity contribution in [2.75, 3.05) is 39.8 Å². The van der Waals surface area contributed by atoms with Crippen molar-refractivity contribution in [2.24, 2.45) is 0 Å². The highest BCUT2D eigenvalue weighted by Crippen LogP contribution is 2.28. The summed E-state index contributed by atoms with van der Waals surface area (Å²) in [5.74, 6) is -0.620. The van der Waals surface area contributed by atoms with Crippen molar-refractivity contribution in [1.82, 2.24) is 14.7 Å². The molecule has 0 aliphatic carbocycles. The third-order valence-electron chi connectivity index (χ3n) is 5.75. The van der Waals surface area contributed by atoms with E-state index in [-0.39, 0.29) is 6.04 Å². The molecule has 3 fully saturated rings. The zero-order chi connectivity index (χ0) is 14.8. The normalized spacial score (nSPS) is 31.8. The Balaban J connectivity index is 1.50. The Hall–Kier alpha value is -0.650. The minimum Gasteiger partial charge on any atom is -0.480 e. The summed E-state index contributed by atoms with van der Waals surface area (Å²) in [5, 5.41) is 9.34. The monoisotopic (exact) mass is 295 g/mol. The summed E-state index contributed by atoms with van der Waals surface area (Å²) in [6.45, 7) is 5.73. The van der Waals surface area contributed by atoms with Crippen molar-refractivity contribution in [3.63, 3.8) is 0 Å². The Labute approximate surface area is 127 Å². The van der Waals surface area contributed by atoms with Crippen LogP contribution in [0, 0.1) is 0 Å². The van der Waals surface area contributed by atoms with Gasteiger partial charge in [0.15, 0.2) is 0 Å². The lowest BCUT2D eigenvalue weighted by molar-refractivity contribution is -0.143. The fourth-order valence-corrected chi connectivity index (χ4v) is 4.43. The lowest BCUT2D eigenvalue weighted by atomic mass is 9.97. The molecule has 5 heteroatoms. The van der Waals surface area contributed by atoms with Gasteiger partial charge in [-0.15, -0.1) is 0 Å². The second-order valence-corrected chi connectivity index (χ2v) is 7.04. The van der Waals surface area contributed by atoms with Gasteiger partial charge in [0, 0.05) is 12.1 Å². The summed E-state index contributed by atoms with van der Waals surface area (Å²) < 4.78 is 0. The number of carboxylic acids is 1. The molecule has 3 saturated heterocycles. The molecule has 120 valence electrons. The fourth-order valence-electron chi connectivity index (χ4n) is 4.43. The van der Waals surface area contributed by atoms with E-state index < -0.39 is 5.97 Å². The van der Waals surface area contributed by atoms with Gasteiger partial charge in [-0.05, 0) is 78.3 Å². The first-order valence-electron chi connectivity index (χ1n) is 8.56. The summed E-state index contributed by atoms with van der Waals surface area (Å²) >= 11 is 0. The first-order chi connectivity index (χ1) is 10.1. The lowest BCUT2D eigenvalue weighted by Crippen LogP contribution is -2.52. The van der Waals surface area contributed by atoms with Gasteiger partial charge in [0.1, 0.15) is 6.04 Å². The Morgan fingerprint density at radius 3 is 2.14 bits per heavy atom. The van der Waals surface area contributed by atoms with Crippen molar-refractivity contribution >= 4 is 5.97 Å². The summed E-state index contributed by atoms with van der Waals surface area (Å²) in [6, 6.07) is 1.04. The first-order valence-corrected chi connectivity index (χ1v) is 8.56. The molecule has 0 bridgehead atoms. The fraction of sp³-hybridized carbons (Fsp3) is 0.938. The maximum absolute atomic E-state index is 11.3. The predicted molar refractivity (Wildman–Crippen MR) is 82.5 cm³/mol. The van der Waals surface area contributed by atoms with Gasteiger partial charge >= 0.3 is 5.97 Å². The molecule has 0 radical (unpaired) electrons. The molecule has 0 aromatic heterocycles. The molecule has 3 rings (SSSR count). The van der Waals surface area contributed by atoms with Crippen LogP contribution >= 0.6 is 0 Å². The molecule has 3 aliphatic heterocycles. The smallest absolute Gasteiger partial charge is 0.320 e. The van der Waals surface area contributed by atoms with E-state index in [4.69, 9.17) is 0 Å². The summed E-state index contributed by atoms with van der Waals surface area (Å²) in [6.07, 6.45) is 6.77. The topological polar surface area (TPSA) is 47.0 Å². The highest BCUT2D eigenvalue weighted by Gasteiger charge is 2.37. The summed E-state index contributed by atoms with van der Waals surface area (Å²) in [7, 11) is 2.21. The van der Waals surface area contributed by atoms with Crippen LogP contribution in [-0.2, 0) is 4.79 Å². The molecule has 21 heavy (non-hydrogen) atoms. The highest BCUT2D eigenvalue weighted by molar-refractivity contribution is 5.73. The maximum Gasteiger partial charge on any atom is 0.320 e. The van der Waals surface area contributed by atoms with Crippen LogP contribution in [-0.4, -0.2) is 83.7 Å². The highest BCUT2D eigenvalue weighted by atomic mass is 16.4. The van der Waals surface area contributed by atoms with E-state index in [0.29, 0.717) is 6.04 Å².